The zero-order valence-corrected chi connectivity index (χ0v) is 10.6. The van der Waals surface area contributed by atoms with Gasteiger partial charge in [0.1, 0.15) is 0 Å². The molecule has 0 aromatic heterocycles. The van der Waals surface area contributed by atoms with Gasteiger partial charge < -0.3 is 15.4 Å². The molecule has 94 valence electrons. The van der Waals surface area contributed by atoms with Crippen LogP contribution < -0.4 is 10.6 Å². The molecule has 0 aliphatic heterocycles. The monoisotopic (exact) mass is 228 g/mol. The molecule has 0 saturated heterocycles. The van der Waals surface area contributed by atoms with Gasteiger partial charge in [0.05, 0.1) is 6.10 Å². The molecular formula is C12H24N2O2. The third kappa shape index (κ3) is 4.94. The Kier molecular flexibility index (Phi) is 5.77. The van der Waals surface area contributed by atoms with E-state index in [4.69, 9.17) is 4.74 Å². The topological polar surface area (TPSA) is 50.4 Å². The van der Waals surface area contributed by atoms with Gasteiger partial charge in [0.2, 0.25) is 5.91 Å². The number of hydrogen-bond donors (Lipinski definition) is 2. The van der Waals surface area contributed by atoms with E-state index < -0.39 is 0 Å². The van der Waals surface area contributed by atoms with Crippen LogP contribution in [-0.2, 0) is 9.53 Å². The molecule has 1 amide bonds. The summed E-state index contributed by atoms with van der Waals surface area (Å²) in [5.74, 6) is 0.662. The molecule has 4 heteroatoms. The highest BCUT2D eigenvalue weighted by Gasteiger charge is 2.28. The molecule has 1 rings (SSSR count). The number of carbonyl (C=O) groups excluding carboxylic acids is 1. The van der Waals surface area contributed by atoms with Crippen LogP contribution in [0.4, 0.5) is 0 Å². The Morgan fingerprint density at radius 2 is 2.12 bits per heavy atom. The number of hydrogen-bond acceptors (Lipinski definition) is 3. The van der Waals surface area contributed by atoms with Gasteiger partial charge in [-0.2, -0.15) is 0 Å². The highest BCUT2D eigenvalue weighted by atomic mass is 16.5. The number of amides is 1. The molecule has 1 aliphatic carbocycles. The molecule has 16 heavy (non-hydrogen) atoms. The molecule has 1 saturated carbocycles. The van der Waals surface area contributed by atoms with Gasteiger partial charge in [0.25, 0.3) is 0 Å². The third-order valence-electron chi connectivity index (χ3n) is 2.92. The molecule has 0 spiro atoms. The first-order valence-corrected chi connectivity index (χ1v) is 6.14. The lowest BCUT2D eigenvalue weighted by atomic mass is 9.89. The summed E-state index contributed by atoms with van der Waals surface area (Å²) >= 11 is 0. The van der Waals surface area contributed by atoms with Crippen LogP contribution in [-0.4, -0.2) is 38.3 Å². The standard InChI is InChI=1S/C12H24N2O2/c1-9(2)8-14-12(15)4-5-13-10-6-11(7-10)16-3/h9-11,13H,4-8H2,1-3H3,(H,14,15). The minimum Gasteiger partial charge on any atom is -0.381 e. The van der Waals surface area contributed by atoms with Gasteiger partial charge in [0.15, 0.2) is 0 Å². The third-order valence-corrected chi connectivity index (χ3v) is 2.92. The summed E-state index contributed by atoms with van der Waals surface area (Å²) in [4.78, 5) is 11.4. The van der Waals surface area contributed by atoms with Crippen molar-refractivity contribution < 1.29 is 9.53 Å². The van der Waals surface area contributed by atoms with Crippen LogP contribution in [0.5, 0.6) is 0 Å². The van der Waals surface area contributed by atoms with Crippen molar-refractivity contribution in [2.24, 2.45) is 5.92 Å². The second-order valence-electron chi connectivity index (χ2n) is 4.93. The van der Waals surface area contributed by atoms with E-state index in [0.29, 0.717) is 24.5 Å². The van der Waals surface area contributed by atoms with Crippen LogP contribution in [0, 0.1) is 5.92 Å². The Labute approximate surface area is 98.1 Å². The average molecular weight is 228 g/mol. The molecule has 1 aliphatic rings. The van der Waals surface area contributed by atoms with E-state index >= 15 is 0 Å². The van der Waals surface area contributed by atoms with Crippen molar-refractivity contribution in [3.63, 3.8) is 0 Å². The number of carbonyl (C=O) groups is 1. The van der Waals surface area contributed by atoms with E-state index in [9.17, 15) is 4.79 Å². The quantitative estimate of drug-likeness (QED) is 0.681. The normalized spacial score (nSPS) is 24.2. The first kappa shape index (κ1) is 13.5. The lowest BCUT2D eigenvalue weighted by Gasteiger charge is -2.34. The van der Waals surface area contributed by atoms with Crippen molar-refractivity contribution >= 4 is 5.91 Å². The van der Waals surface area contributed by atoms with Gasteiger partial charge in [-0.3, -0.25) is 4.79 Å². The van der Waals surface area contributed by atoms with E-state index in [1.807, 2.05) is 0 Å². The Bertz CT molecular complexity index is 213. The summed E-state index contributed by atoms with van der Waals surface area (Å²) in [6.07, 6.45) is 3.14. The molecule has 1 fully saturated rings. The first-order valence-electron chi connectivity index (χ1n) is 6.14. The van der Waals surface area contributed by atoms with Gasteiger partial charge in [-0.05, 0) is 18.8 Å². The summed E-state index contributed by atoms with van der Waals surface area (Å²) in [6, 6.07) is 0.544. The molecule has 0 aromatic carbocycles. The van der Waals surface area contributed by atoms with Crippen molar-refractivity contribution in [1.29, 1.82) is 0 Å². The Balaban J connectivity index is 1.93. The summed E-state index contributed by atoms with van der Waals surface area (Å²) in [5.41, 5.74) is 0. The zero-order chi connectivity index (χ0) is 12.0. The second-order valence-corrected chi connectivity index (χ2v) is 4.93. The fraction of sp³-hybridized carbons (Fsp3) is 0.917. The molecule has 4 nitrogen and oxygen atoms in total. The van der Waals surface area contributed by atoms with Crippen molar-refractivity contribution in [2.75, 3.05) is 20.2 Å². The number of methoxy groups -OCH3 is 1. The Morgan fingerprint density at radius 3 is 2.69 bits per heavy atom. The van der Waals surface area contributed by atoms with Gasteiger partial charge in [-0.25, -0.2) is 0 Å². The maximum atomic E-state index is 11.4. The van der Waals surface area contributed by atoms with Gasteiger partial charge >= 0.3 is 0 Å². The lowest BCUT2D eigenvalue weighted by molar-refractivity contribution is -0.121. The summed E-state index contributed by atoms with van der Waals surface area (Å²) in [7, 11) is 1.75. The summed E-state index contributed by atoms with van der Waals surface area (Å²) in [5, 5.41) is 6.27. The van der Waals surface area contributed by atoms with Gasteiger partial charge in [0, 0.05) is 32.7 Å². The van der Waals surface area contributed by atoms with Crippen LogP contribution in [0.15, 0.2) is 0 Å². The van der Waals surface area contributed by atoms with E-state index in [1.54, 1.807) is 7.11 Å². The lowest BCUT2D eigenvalue weighted by Crippen LogP contribution is -2.46. The molecular weight excluding hydrogens is 204 g/mol. The maximum absolute atomic E-state index is 11.4. The van der Waals surface area contributed by atoms with Gasteiger partial charge in [-0.1, -0.05) is 13.8 Å². The second kappa shape index (κ2) is 6.86. The van der Waals surface area contributed by atoms with E-state index in [0.717, 1.165) is 25.9 Å². The molecule has 0 bridgehead atoms. The number of nitrogens with one attached hydrogen (secondary N) is 2. The molecule has 0 atom stereocenters. The number of rotatable bonds is 7. The first-order chi connectivity index (χ1) is 7.61. The minimum atomic E-state index is 0.142. The number of ether oxygens (including phenoxy) is 1. The smallest absolute Gasteiger partial charge is 0.221 e. The fourth-order valence-electron chi connectivity index (χ4n) is 1.72. The molecule has 0 heterocycles. The van der Waals surface area contributed by atoms with Crippen LogP contribution in [0.1, 0.15) is 33.1 Å². The predicted octanol–water partition coefficient (Wildman–Crippen LogP) is 0.916. The highest BCUT2D eigenvalue weighted by molar-refractivity contribution is 5.76. The Hall–Kier alpha value is -0.610. The molecule has 2 N–H and O–H groups in total. The highest BCUT2D eigenvalue weighted by Crippen LogP contribution is 2.22. The largest absolute Gasteiger partial charge is 0.381 e. The van der Waals surface area contributed by atoms with Crippen LogP contribution in [0.2, 0.25) is 0 Å². The molecule has 0 radical (unpaired) electrons. The molecule has 0 unspecified atom stereocenters. The van der Waals surface area contributed by atoms with Crippen LogP contribution >= 0.6 is 0 Å². The van der Waals surface area contributed by atoms with Crippen molar-refractivity contribution in [1.82, 2.24) is 10.6 Å². The maximum Gasteiger partial charge on any atom is 0.221 e. The van der Waals surface area contributed by atoms with Crippen molar-refractivity contribution in [3.8, 4) is 0 Å². The zero-order valence-electron chi connectivity index (χ0n) is 10.6. The molecule has 0 aromatic rings. The summed E-state index contributed by atoms with van der Waals surface area (Å²) in [6.45, 7) is 5.73. The van der Waals surface area contributed by atoms with Crippen LogP contribution in [0.3, 0.4) is 0 Å². The van der Waals surface area contributed by atoms with E-state index in [1.165, 1.54) is 0 Å². The SMILES string of the molecule is COC1CC(NCCC(=O)NCC(C)C)C1. The van der Waals surface area contributed by atoms with Crippen molar-refractivity contribution in [2.45, 2.75) is 45.3 Å². The fourth-order valence-corrected chi connectivity index (χ4v) is 1.72. The predicted molar refractivity (Wildman–Crippen MR) is 64.3 cm³/mol. The van der Waals surface area contributed by atoms with E-state index in [2.05, 4.69) is 24.5 Å². The van der Waals surface area contributed by atoms with Crippen LogP contribution in [0.25, 0.3) is 0 Å². The van der Waals surface area contributed by atoms with E-state index in [-0.39, 0.29) is 5.91 Å². The van der Waals surface area contributed by atoms with Gasteiger partial charge in [-0.15, -0.1) is 0 Å². The Morgan fingerprint density at radius 1 is 1.44 bits per heavy atom. The summed E-state index contributed by atoms with van der Waals surface area (Å²) < 4.78 is 5.19. The average Bonchev–Trinajstić information content (AvgIpc) is 2.18. The minimum absolute atomic E-state index is 0.142. The van der Waals surface area contributed by atoms with Crippen molar-refractivity contribution in [3.05, 3.63) is 0 Å².